The minimum atomic E-state index is -0.923. The van der Waals surface area contributed by atoms with Gasteiger partial charge >= 0.3 is 5.97 Å². The molecule has 0 bridgehead atoms. The van der Waals surface area contributed by atoms with E-state index in [0.29, 0.717) is 46.8 Å². The Morgan fingerprint density at radius 3 is 2.74 bits per heavy atom. The lowest BCUT2D eigenvalue weighted by atomic mass is 10.0. The van der Waals surface area contributed by atoms with Gasteiger partial charge in [0.25, 0.3) is 5.91 Å². The molecule has 0 fully saturated rings. The molecule has 2 heterocycles. The van der Waals surface area contributed by atoms with Gasteiger partial charge in [-0.1, -0.05) is 18.2 Å². The first kappa shape index (κ1) is 21.5. The Balaban J connectivity index is 1.42. The van der Waals surface area contributed by atoms with Crippen molar-refractivity contribution >= 4 is 40.1 Å². The number of halogens is 2. The van der Waals surface area contributed by atoms with Crippen LogP contribution in [0.15, 0.2) is 65.3 Å². The van der Waals surface area contributed by atoms with E-state index in [-0.39, 0.29) is 5.69 Å². The van der Waals surface area contributed by atoms with Gasteiger partial charge in [0.2, 0.25) is 0 Å². The van der Waals surface area contributed by atoms with E-state index in [9.17, 15) is 18.4 Å². The zero-order valence-corrected chi connectivity index (χ0v) is 17.8. The number of carbonyl (C=O) groups is 2. The number of nitrogens with zero attached hydrogens (tertiary/aromatic N) is 1. The molecule has 1 amide bonds. The monoisotopic (exact) mass is 460 g/mol. The predicted octanol–water partition coefficient (Wildman–Crippen LogP) is 5.39. The van der Waals surface area contributed by atoms with Crippen molar-refractivity contribution in [2.75, 3.05) is 11.9 Å². The van der Waals surface area contributed by atoms with E-state index in [4.69, 9.17) is 14.1 Å². The van der Waals surface area contributed by atoms with E-state index in [1.54, 1.807) is 30.5 Å². The molecule has 1 N–H and O–H groups in total. The summed E-state index contributed by atoms with van der Waals surface area (Å²) < 4.78 is 37.6. The number of ether oxygens (including phenoxy) is 1. The number of nitrogens with one attached hydrogen (secondary N) is 1. The third-order valence-corrected chi connectivity index (χ3v) is 5.55. The molecule has 170 valence electrons. The van der Waals surface area contributed by atoms with Crippen LogP contribution in [0.1, 0.15) is 33.8 Å². The minimum absolute atomic E-state index is 0.203. The summed E-state index contributed by atoms with van der Waals surface area (Å²) in [6, 6.07) is 13.6. The molecule has 6 nitrogen and oxygen atoms in total. The Bertz CT molecular complexity index is 1440. The second-order valence-electron chi connectivity index (χ2n) is 7.76. The number of para-hydroxylation sites is 1. The SMILES string of the molecule is O=C(COC(=O)c1c2c(nc3ccccc13)/C(=C/c1ccco1)CC2)Nc1ccc(F)cc1F. The fourth-order valence-electron chi connectivity index (χ4n) is 4.04. The molecule has 0 saturated carbocycles. The molecule has 1 aliphatic carbocycles. The van der Waals surface area contributed by atoms with Gasteiger partial charge in [0.1, 0.15) is 17.4 Å². The number of benzene rings is 2. The summed E-state index contributed by atoms with van der Waals surface area (Å²) in [6.45, 7) is -0.629. The van der Waals surface area contributed by atoms with E-state index < -0.39 is 30.1 Å². The summed E-state index contributed by atoms with van der Waals surface area (Å²) in [4.78, 5) is 30.1. The molecule has 1 aliphatic rings. The molecule has 0 unspecified atom stereocenters. The van der Waals surface area contributed by atoms with Crippen LogP contribution in [-0.4, -0.2) is 23.5 Å². The minimum Gasteiger partial charge on any atom is -0.465 e. The van der Waals surface area contributed by atoms with Crippen LogP contribution in [0.3, 0.4) is 0 Å². The highest BCUT2D eigenvalue weighted by Crippen LogP contribution is 2.37. The van der Waals surface area contributed by atoms with E-state index >= 15 is 0 Å². The van der Waals surface area contributed by atoms with Crippen LogP contribution >= 0.6 is 0 Å². The summed E-state index contributed by atoms with van der Waals surface area (Å²) in [5, 5.41) is 2.90. The van der Waals surface area contributed by atoms with E-state index in [1.807, 2.05) is 18.2 Å². The molecule has 0 aliphatic heterocycles. The molecule has 0 atom stereocenters. The highest BCUT2D eigenvalue weighted by molar-refractivity contribution is 6.08. The molecule has 2 aromatic carbocycles. The Hall–Kier alpha value is -4.33. The van der Waals surface area contributed by atoms with Crippen molar-refractivity contribution in [3.8, 4) is 0 Å². The first-order valence-electron chi connectivity index (χ1n) is 10.6. The summed E-state index contributed by atoms with van der Waals surface area (Å²) in [7, 11) is 0. The lowest BCUT2D eigenvalue weighted by Crippen LogP contribution is -2.22. The van der Waals surface area contributed by atoms with E-state index in [1.165, 1.54) is 0 Å². The van der Waals surface area contributed by atoms with Crippen LogP contribution in [0, 0.1) is 11.6 Å². The summed E-state index contributed by atoms with van der Waals surface area (Å²) in [6.07, 6.45) is 4.73. The molecule has 2 aromatic heterocycles. The number of furan rings is 1. The maximum atomic E-state index is 13.8. The normalized spacial score (nSPS) is 13.8. The van der Waals surface area contributed by atoms with Gasteiger partial charge in [0, 0.05) is 11.5 Å². The van der Waals surface area contributed by atoms with Crippen LogP contribution in [0.25, 0.3) is 22.6 Å². The molecule has 0 saturated heterocycles. The van der Waals surface area contributed by atoms with Crippen LogP contribution < -0.4 is 5.32 Å². The third-order valence-electron chi connectivity index (χ3n) is 5.55. The molecule has 5 rings (SSSR count). The number of carbonyl (C=O) groups excluding carboxylic acids is 2. The van der Waals surface area contributed by atoms with E-state index in [2.05, 4.69) is 5.32 Å². The second-order valence-corrected chi connectivity index (χ2v) is 7.76. The van der Waals surface area contributed by atoms with Crippen molar-refractivity contribution in [3.05, 3.63) is 95.1 Å². The largest absolute Gasteiger partial charge is 0.465 e. The van der Waals surface area contributed by atoms with Crippen LogP contribution in [0.5, 0.6) is 0 Å². The molecule has 0 spiro atoms. The number of rotatable bonds is 5. The van der Waals surface area contributed by atoms with Crippen LogP contribution in [-0.2, 0) is 16.0 Å². The third kappa shape index (κ3) is 4.17. The Morgan fingerprint density at radius 2 is 1.94 bits per heavy atom. The number of amides is 1. The standard InChI is InChI=1S/C26H18F2N2O4/c27-16-8-10-22(20(28)13-16)29-23(31)14-34-26(32)24-18-5-1-2-6-21(18)30-25-15(7-9-19(24)25)12-17-4-3-11-33-17/h1-6,8,10-13H,7,9,14H2,(H,29,31)/b15-12+. The first-order valence-corrected chi connectivity index (χ1v) is 10.6. The van der Waals surface area contributed by atoms with Gasteiger partial charge in [-0.3, -0.25) is 4.79 Å². The summed E-state index contributed by atoms with van der Waals surface area (Å²) in [5.41, 5.74) is 3.15. The topological polar surface area (TPSA) is 81.4 Å². The fraction of sp³-hybridized carbons (Fsp3) is 0.115. The Morgan fingerprint density at radius 1 is 1.09 bits per heavy atom. The molecular formula is C26H18F2N2O4. The number of hydrogen-bond acceptors (Lipinski definition) is 5. The summed E-state index contributed by atoms with van der Waals surface area (Å²) >= 11 is 0. The predicted molar refractivity (Wildman–Crippen MR) is 122 cm³/mol. The highest BCUT2D eigenvalue weighted by atomic mass is 19.1. The van der Waals surface area contributed by atoms with Gasteiger partial charge in [0.05, 0.1) is 28.7 Å². The second kappa shape index (κ2) is 8.90. The van der Waals surface area contributed by atoms with Gasteiger partial charge in [-0.25, -0.2) is 18.6 Å². The highest BCUT2D eigenvalue weighted by Gasteiger charge is 2.28. The molecule has 4 aromatic rings. The lowest BCUT2D eigenvalue weighted by Gasteiger charge is -2.12. The quantitative estimate of drug-likeness (QED) is 0.404. The van der Waals surface area contributed by atoms with Gasteiger partial charge in [0.15, 0.2) is 6.61 Å². The Kier molecular flexibility index (Phi) is 5.63. The van der Waals surface area contributed by atoms with Crippen LogP contribution in [0.4, 0.5) is 14.5 Å². The maximum absolute atomic E-state index is 13.8. The Labute approximate surface area is 192 Å². The van der Waals surface area contributed by atoms with Crippen molar-refractivity contribution < 1.29 is 27.5 Å². The number of fused-ring (bicyclic) bond motifs is 2. The number of aromatic nitrogens is 1. The number of anilines is 1. The van der Waals surface area contributed by atoms with Crippen molar-refractivity contribution in [1.82, 2.24) is 4.98 Å². The molecule has 0 radical (unpaired) electrons. The molecule has 8 heteroatoms. The summed E-state index contributed by atoms with van der Waals surface area (Å²) in [5.74, 6) is -2.42. The number of pyridine rings is 1. The zero-order chi connectivity index (χ0) is 23.7. The average Bonchev–Trinajstić information content (AvgIpc) is 3.48. The van der Waals surface area contributed by atoms with Gasteiger partial charge in [-0.05, 0) is 60.4 Å². The van der Waals surface area contributed by atoms with E-state index in [0.717, 1.165) is 23.3 Å². The lowest BCUT2D eigenvalue weighted by molar-refractivity contribution is -0.119. The van der Waals surface area contributed by atoms with Crippen molar-refractivity contribution in [2.24, 2.45) is 0 Å². The number of allylic oxidation sites excluding steroid dienone is 1. The molecular weight excluding hydrogens is 442 g/mol. The molecule has 34 heavy (non-hydrogen) atoms. The zero-order valence-electron chi connectivity index (χ0n) is 17.8. The van der Waals surface area contributed by atoms with Gasteiger partial charge < -0.3 is 14.5 Å². The van der Waals surface area contributed by atoms with Crippen molar-refractivity contribution in [1.29, 1.82) is 0 Å². The van der Waals surface area contributed by atoms with Crippen molar-refractivity contribution in [3.63, 3.8) is 0 Å². The fourth-order valence-corrected chi connectivity index (χ4v) is 4.04. The van der Waals surface area contributed by atoms with Gasteiger partial charge in [-0.15, -0.1) is 0 Å². The average molecular weight is 460 g/mol. The smallest absolute Gasteiger partial charge is 0.339 e. The maximum Gasteiger partial charge on any atom is 0.339 e. The van der Waals surface area contributed by atoms with Crippen molar-refractivity contribution in [2.45, 2.75) is 12.8 Å². The number of esters is 1. The van der Waals surface area contributed by atoms with Gasteiger partial charge in [-0.2, -0.15) is 0 Å². The van der Waals surface area contributed by atoms with Crippen LogP contribution in [0.2, 0.25) is 0 Å². The number of hydrogen-bond donors (Lipinski definition) is 1. The first-order chi connectivity index (χ1) is 16.5.